The second-order valence-electron chi connectivity index (χ2n) is 6.28. The normalized spacial score (nSPS) is 14.0. The molecular weight excluding hydrogens is 316 g/mol. The number of amides is 1. The van der Waals surface area contributed by atoms with Crippen molar-refractivity contribution in [2.75, 3.05) is 29.6 Å². The molecular formula is C20H24N2OS. The maximum absolute atomic E-state index is 12.4. The van der Waals surface area contributed by atoms with Gasteiger partial charge in [-0.15, -0.1) is 0 Å². The molecule has 0 radical (unpaired) electrons. The van der Waals surface area contributed by atoms with Crippen LogP contribution in [0.2, 0.25) is 0 Å². The largest absolute Gasteiger partial charge is 0.371 e. The third-order valence-electron chi connectivity index (χ3n) is 4.43. The molecule has 0 saturated carbocycles. The molecule has 0 aromatic heterocycles. The van der Waals surface area contributed by atoms with Crippen molar-refractivity contribution in [2.45, 2.75) is 25.5 Å². The number of aryl methyl sites for hydroxylation is 1. The predicted molar refractivity (Wildman–Crippen MR) is 104 cm³/mol. The van der Waals surface area contributed by atoms with Crippen molar-refractivity contribution in [3.8, 4) is 0 Å². The molecule has 1 amide bonds. The Balaban J connectivity index is 1.68. The van der Waals surface area contributed by atoms with Gasteiger partial charge in [-0.1, -0.05) is 12.1 Å². The molecule has 3 nitrogen and oxygen atoms in total. The zero-order valence-electron chi connectivity index (χ0n) is 14.3. The van der Waals surface area contributed by atoms with Crippen LogP contribution in [0.3, 0.4) is 0 Å². The fourth-order valence-corrected chi connectivity index (χ4v) is 3.69. The van der Waals surface area contributed by atoms with Gasteiger partial charge in [-0.3, -0.25) is 4.79 Å². The molecule has 1 aliphatic heterocycles. The van der Waals surface area contributed by atoms with Gasteiger partial charge in [0.2, 0.25) is 0 Å². The first-order valence-electron chi connectivity index (χ1n) is 8.42. The topological polar surface area (TPSA) is 32.3 Å². The second-order valence-corrected chi connectivity index (χ2v) is 7.15. The zero-order chi connectivity index (χ0) is 16.9. The van der Waals surface area contributed by atoms with Crippen molar-refractivity contribution in [2.24, 2.45) is 0 Å². The van der Waals surface area contributed by atoms with E-state index in [1.54, 1.807) is 11.8 Å². The van der Waals surface area contributed by atoms with E-state index in [1.165, 1.54) is 29.7 Å². The molecule has 2 aromatic rings. The van der Waals surface area contributed by atoms with Crippen LogP contribution in [0.4, 0.5) is 11.4 Å². The van der Waals surface area contributed by atoms with Gasteiger partial charge < -0.3 is 10.2 Å². The van der Waals surface area contributed by atoms with Gasteiger partial charge in [0.05, 0.1) is 0 Å². The van der Waals surface area contributed by atoms with Crippen LogP contribution in [0.5, 0.6) is 0 Å². The van der Waals surface area contributed by atoms with Crippen molar-refractivity contribution in [3.63, 3.8) is 0 Å². The van der Waals surface area contributed by atoms with E-state index >= 15 is 0 Å². The number of carbonyl (C=O) groups is 1. The lowest BCUT2D eigenvalue weighted by Gasteiger charge is -2.20. The highest BCUT2D eigenvalue weighted by Crippen LogP contribution is 2.27. The molecule has 1 fully saturated rings. The molecule has 0 bridgehead atoms. The first-order chi connectivity index (χ1) is 11.7. The molecule has 126 valence electrons. The van der Waals surface area contributed by atoms with E-state index in [0.29, 0.717) is 5.56 Å². The third kappa shape index (κ3) is 3.93. The predicted octanol–water partition coefficient (Wildman–Crippen LogP) is 4.71. The molecule has 0 aliphatic carbocycles. The Kier molecular flexibility index (Phi) is 5.46. The minimum Gasteiger partial charge on any atom is -0.371 e. The summed E-state index contributed by atoms with van der Waals surface area (Å²) in [6.07, 6.45) is 4.61. The van der Waals surface area contributed by atoms with Gasteiger partial charge in [-0.25, -0.2) is 0 Å². The van der Waals surface area contributed by atoms with Crippen LogP contribution in [0.1, 0.15) is 34.3 Å². The van der Waals surface area contributed by atoms with E-state index < -0.39 is 0 Å². The van der Waals surface area contributed by atoms with E-state index in [1.807, 2.05) is 30.3 Å². The third-order valence-corrected chi connectivity index (χ3v) is 5.05. The summed E-state index contributed by atoms with van der Waals surface area (Å²) in [6.45, 7) is 4.38. The number of carbonyl (C=O) groups excluding carboxylic acids is 1. The molecule has 4 heteroatoms. The summed E-state index contributed by atoms with van der Waals surface area (Å²) in [5, 5.41) is 3.01. The van der Waals surface area contributed by atoms with E-state index in [9.17, 15) is 4.79 Å². The van der Waals surface area contributed by atoms with E-state index in [-0.39, 0.29) is 5.91 Å². The van der Waals surface area contributed by atoms with Crippen LogP contribution in [0, 0.1) is 6.92 Å². The Hall–Kier alpha value is -1.94. The van der Waals surface area contributed by atoms with Crippen LogP contribution in [0.15, 0.2) is 42.5 Å². The molecule has 0 spiro atoms. The molecule has 1 aliphatic rings. The number of nitrogens with one attached hydrogen (secondary N) is 1. The molecule has 2 aromatic carbocycles. The quantitative estimate of drug-likeness (QED) is 0.855. The Morgan fingerprint density at radius 1 is 1.12 bits per heavy atom. The average molecular weight is 340 g/mol. The highest BCUT2D eigenvalue weighted by atomic mass is 32.2. The number of rotatable bonds is 5. The molecule has 1 saturated heterocycles. The summed E-state index contributed by atoms with van der Waals surface area (Å²) in [4.78, 5) is 14.8. The Bertz CT molecular complexity index is 706. The standard InChI is InChI=1S/C20H24N2OS/c1-15-13-18(9-10-19(15)22-11-3-4-12-22)21-20(23)17-7-5-16(6-8-17)14-24-2/h5-10,13H,3-4,11-12,14H2,1-2H3,(H,21,23). The number of hydrogen-bond acceptors (Lipinski definition) is 3. The summed E-state index contributed by atoms with van der Waals surface area (Å²) in [5.41, 5.74) is 5.29. The van der Waals surface area contributed by atoms with Crippen molar-refractivity contribution >= 4 is 29.0 Å². The average Bonchev–Trinajstić information content (AvgIpc) is 3.10. The van der Waals surface area contributed by atoms with Gasteiger partial charge in [-0.05, 0) is 67.5 Å². The monoisotopic (exact) mass is 340 g/mol. The number of nitrogens with zero attached hydrogens (tertiary/aromatic N) is 1. The molecule has 1 N–H and O–H groups in total. The van der Waals surface area contributed by atoms with Gasteiger partial charge in [0, 0.05) is 35.8 Å². The number of thioether (sulfide) groups is 1. The van der Waals surface area contributed by atoms with Gasteiger partial charge in [0.15, 0.2) is 0 Å². The van der Waals surface area contributed by atoms with Crippen molar-refractivity contribution in [1.82, 2.24) is 0 Å². The van der Waals surface area contributed by atoms with Gasteiger partial charge in [0.25, 0.3) is 5.91 Å². The van der Waals surface area contributed by atoms with Crippen molar-refractivity contribution in [3.05, 3.63) is 59.2 Å². The van der Waals surface area contributed by atoms with Crippen molar-refractivity contribution < 1.29 is 4.79 Å². The maximum Gasteiger partial charge on any atom is 0.255 e. The summed E-state index contributed by atoms with van der Waals surface area (Å²) < 4.78 is 0. The highest BCUT2D eigenvalue weighted by molar-refractivity contribution is 7.97. The van der Waals surface area contributed by atoms with E-state index in [0.717, 1.165) is 24.5 Å². The molecule has 3 rings (SSSR count). The lowest BCUT2D eigenvalue weighted by atomic mass is 10.1. The summed E-state index contributed by atoms with van der Waals surface area (Å²) >= 11 is 1.78. The summed E-state index contributed by atoms with van der Waals surface area (Å²) in [6, 6.07) is 14.0. The van der Waals surface area contributed by atoms with Crippen LogP contribution in [0.25, 0.3) is 0 Å². The Morgan fingerprint density at radius 2 is 1.83 bits per heavy atom. The van der Waals surface area contributed by atoms with Crippen LogP contribution >= 0.6 is 11.8 Å². The molecule has 0 unspecified atom stereocenters. The zero-order valence-corrected chi connectivity index (χ0v) is 15.2. The van der Waals surface area contributed by atoms with Crippen LogP contribution in [-0.2, 0) is 5.75 Å². The van der Waals surface area contributed by atoms with Crippen molar-refractivity contribution in [1.29, 1.82) is 0 Å². The molecule has 24 heavy (non-hydrogen) atoms. The fourth-order valence-electron chi connectivity index (χ4n) is 3.17. The molecule has 1 heterocycles. The fraction of sp³-hybridized carbons (Fsp3) is 0.350. The Labute approximate surface area is 148 Å². The van der Waals surface area contributed by atoms with Gasteiger partial charge >= 0.3 is 0 Å². The van der Waals surface area contributed by atoms with E-state index in [4.69, 9.17) is 0 Å². The Morgan fingerprint density at radius 3 is 2.46 bits per heavy atom. The smallest absolute Gasteiger partial charge is 0.255 e. The number of benzene rings is 2. The lowest BCUT2D eigenvalue weighted by molar-refractivity contribution is 0.102. The second kappa shape index (κ2) is 7.75. The number of anilines is 2. The maximum atomic E-state index is 12.4. The highest BCUT2D eigenvalue weighted by Gasteiger charge is 2.15. The summed E-state index contributed by atoms with van der Waals surface area (Å²) in [7, 11) is 0. The summed E-state index contributed by atoms with van der Waals surface area (Å²) in [5.74, 6) is 0.915. The van der Waals surface area contributed by atoms with Gasteiger partial charge in [0.1, 0.15) is 0 Å². The minimum absolute atomic E-state index is 0.0565. The first-order valence-corrected chi connectivity index (χ1v) is 9.81. The first kappa shape index (κ1) is 16.9. The van der Waals surface area contributed by atoms with Gasteiger partial charge in [-0.2, -0.15) is 11.8 Å². The van der Waals surface area contributed by atoms with Crippen LogP contribution < -0.4 is 10.2 Å². The lowest BCUT2D eigenvalue weighted by Crippen LogP contribution is -2.19. The SMILES string of the molecule is CSCc1ccc(C(=O)Nc2ccc(N3CCCC3)c(C)c2)cc1. The van der Waals surface area contributed by atoms with Crippen LogP contribution in [-0.4, -0.2) is 25.3 Å². The number of hydrogen-bond donors (Lipinski definition) is 1. The van der Waals surface area contributed by atoms with E-state index in [2.05, 4.69) is 35.5 Å². The molecule has 0 atom stereocenters. The minimum atomic E-state index is -0.0565.